The highest BCUT2D eigenvalue weighted by Gasteiger charge is 2.11. The number of benzene rings is 2. The van der Waals surface area contributed by atoms with Crippen LogP contribution in [-0.2, 0) is 0 Å². The number of hydrogen-bond donors (Lipinski definition) is 1. The summed E-state index contributed by atoms with van der Waals surface area (Å²) in [4.78, 5) is 0. The quantitative estimate of drug-likeness (QED) is 0.794. The van der Waals surface area contributed by atoms with Crippen LogP contribution < -0.4 is 5.73 Å². The molecule has 0 aliphatic rings. The molecule has 2 rings (SSSR count). The third kappa shape index (κ3) is 2.05. The summed E-state index contributed by atoms with van der Waals surface area (Å²) >= 11 is 0. The third-order valence-electron chi connectivity index (χ3n) is 2.40. The van der Waals surface area contributed by atoms with E-state index in [0.29, 0.717) is 5.56 Å². The molecule has 2 aromatic rings. The lowest BCUT2D eigenvalue weighted by atomic mass is 9.99. The molecule has 0 amide bonds. The van der Waals surface area contributed by atoms with Gasteiger partial charge in [-0.1, -0.05) is 48.5 Å². The van der Waals surface area contributed by atoms with Crippen molar-refractivity contribution in [2.45, 2.75) is 6.04 Å². The van der Waals surface area contributed by atoms with Crippen molar-refractivity contribution in [2.24, 2.45) is 5.73 Å². The Morgan fingerprint density at radius 2 is 1.47 bits per heavy atom. The minimum absolute atomic E-state index is 0.256. The molecule has 0 saturated heterocycles. The summed E-state index contributed by atoms with van der Waals surface area (Å²) in [7, 11) is 0. The molecule has 0 aliphatic heterocycles. The fourth-order valence-electron chi connectivity index (χ4n) is 1.57. The smallest absolute Gasteiger partial charge is 0.128 e. The summed E-state index contributed by atoms with van der Waals surface area (Å²) in [5.74, 6) is -0.256. The number of halogens is 1. The standard InChI is InChI=1S/C13H12FN/c14-12-9-5-4-8-11(12)13(15)10-6-2-1-3-7-10/h1-9,13H,15H2/t13-/m1/s1. The van der Waals surface area contributed by atoms with E-state index in [2.05, 4.69) is 0 Å². The van der Waals surface area contributed by atoms with E-state index >= 15 is 0 Å². The van der Waals surface area contributed by atoms with Gasteiger partial charge < -0.3 is 5.73 Å². The van der Waals surface area contributed by atoms with E-state index in [1.165, 1.54) is 6.07 Å². The van der Waals surface area contributed by atoms with Gasteiger partial charge in [-0.05, 0) is 11.6 Å². The summed E-state index contributed by atoms with van der Waals surface area (Å²) < 4.78 is 13.4. The van der Waals surface area contributed by atoms with Crippen molar-refractivity contribution in [3.8, 4) is 0 Å². The van der Waals surface area contributed by atoms with Gasteiger partial charge in [0.25, 0.3) is 0 Å². The van der Waals surface area contributed by atoms with Crippen LogP contribution in [0.1, 0.15) is 17.2 Å². The van der Waals surface area contributed by atoms with E-state index in [1.54, 1.807) is 18.2 Å². The average molecular weight is 201 g/mol. The summed E-state index contributed by atoms with van der Waals surface area (Å²) in [6, 6.07) is 15.7. The molecule has 76 valence electrons. The third-order valence-corrected chi connectivity index (χ3v) is 2.40. The van der Waals surface area contributed by atoms with Crippen molar-refractivity contribution in [1.82, 2.24) is 0 Å². The van der Waals surface area contributed by atoms with E-state index < -0.39 is 6.04 Å². The number of rotatable bonds is 2. The molecule has 0 fully saturated rings. The Morgan fingerprint density at radius 1 is 0.867 bits per heavy atom. The maximum atomic E-state index is 13.4. The van der Waals surface area contributed by atoms with Crippen molar-refractivity contribution in [1.29, 1.82) is 0 Å². The normalized spacial score (nSPS) is 12.4. The predicted molar refractivity (Wildman–Crippen MR) is 58.9 cm³/mol. The molecule has 0 bridgehead atoms. The van der Waals surface area contributed by atoms with Crippen molar-refractivity contribution in [2.75, 3.05) is 0 Å². The molecule has 0 radical (unpaired) electrons. The van der Waals surface area contributed by atoms with Gasteiger partial charge in [-0.3, -0.25) is 0 Å². The van der Waals surface area contributed by atoms with Crippen molar-refractivity contribution in [3.05, 3.63) is 71.5 Å². The molecular weight excluding hydrogens is 189 g/mol. The Balaban J connectivity index is 2.37. The van der Waals surface area contributed by atoms with Crippen LogP contribution in [0.5, 0.6) is 0 Å². The second kappa shape index (κ2) is 4.24. The molecule has 0 heterocycles. The zero-order valence-corrected chi connectivity index (χ0v) is 8.23. The first-order chi connectivity index (χ1) is 7.29. The first-order valence-electron chi connectivity index (χ1n) is 4.84. The Morgan fingerprint density at radius 3 is 2.13 bits per heavy atom. The zero-order valence-electron chi connectivity index (χ0n) is 8.23. The lowest BCUT2D eigenvalue weighted by Gasteiger charge is -2.12. The SMILES string of the molecule is N[C@H](c1ccccc1)c1ccccc1F. The van der Waals surface area contributed by atoms with Crippen LogP contribution >= 0.6 is 0 Å². The number of nitrogens with two attached hydrogens (primary N) is 1. The van der Waals surface area contributed by atoms with E-state index in [0.717, 1.165) is 5.56 Å². The topological polar surface area (TPSA) is 26.0 Å². The lowest BCUT2D eigenvalue weighted by molar-refractivity contribution is 0.599. The molecule has 0 spiro atoms. The van der Waals surface area contributed by atoms with Crippen LogP contribution in [0.15, 0.2) is 54.6 Å². The van der Waals surface area contributed by atoms with Crippen LogP contribution in [0.3, 0.4) is 0 Å². The summed E-state index contributed by atoms with van der Waals surface area (Å²) in [5.41, 5.74) is 7.43. The second-order valence-electron chi connectivity index (χ2n) is 3.41. The Bertz CT molecular complexity index is 439. The van der Waals surface area contributed by atoms with Gasteiger partial charge in [0.15, 0.2) is 0 Å². The Labute approximate surface area is 88.4 Å². The first-order valence-corrected chi connectivity index (χ1v) is 4.84. The highest BCUT2D eigenvalue weighted by atomic mass is 19.1. The summed E-state index contributed by atoms with van der Waals surface area (Å²) in [6.45, 7) is 0. The van der Waals surface area contributed by atoms with Gasteiger partial charge in [0, 0.05) is 5.56 Å². The molecule has 0 aromatic heterocycles. The van der Waals surface area contributed by atoms with Gasteiger partial charge in [-0.15, -0.1) is 0 Å². The zero-order chi connectivity index (χ0) is 10.7. The molecule has 2 aromatic carbocycles. The van der Waals surface area contributed by atoms with Gasteiger partial charge in [0.2, 0.25) is 0 Å². The van der Waals surface area contributed by atoms with Crippen LogP contribution in [0.25, 0.3) is 0 Å². The van der Waals surface area contributed by atoms with Gasteiger partial charge in [-0.25, -0.2) is 4.39 Å². The minimum Gasteiger partial charge on any atom is -0.320 e. The highest BCUT2D eigenvalue weighted by molar-refractivity contribution is 5.31. The van der Waals surface area contributed by atoms with Crippen molar-refractivity contribution < 1.29 is 4.39 Å². The van der Waals surface area contributed by atoms with Crippen LogP contribution in [-0.4, -0.2) is 0 Å². The average Bonchev–Trinajstić information content (AvgIpc) is 2.30. The predicted octanol–water partition coefficient (Wildman–Crippen LogP) is 2.87. The molecular formula is C13H12FN. The molecule has 0 saturated carbocycles. The number of hydrogen-bond acceptors (Lipinski definition) is 1. The second-order valence-corrected chi connectivity index (χ2v) is 3.41. The summed E-state index contributed by atoms with van der Waals surface area (Å²) in [5, 5.41) is 0. The fraction of sp³-hybridized carbons (Fsp3) is 0.0769. The molecule has 15 heavy (non-hydrogen) atoms. The van der Waals surface area contributed by atoms with Gasteiger partial charge in [-0.2, -0.15) is 0 Å². The Kier molecular flexibility index (Phi) is 2.79. The van der Waals surface area contributed by atoms with Crippen molar-refractivity contribution >= 4 is 0 Å². The van der Waals surface area contributed by atoms with Crippen LogP contribution in [0.4, 0.5) is 4.39 Å². The van der Waals surface area contributed by atoms with Gasteiger partial charge in [0.1, 0.15) is 5.82 Å². The molecule has 2 N–H and O–H groups in total. The monoisotopic (exact) mass is 201 g/mol. The minimum atomic E-state index is -0.396. The molecule has 0 aliphatic carbocycles. The molecule has 0 unspecified atom stereocenters. The Hall–Kier alpha value is -1.67. The van der Waals surface area contributed by atoms with Crippen LogP contribution in [0, 0.1) is 5.82 Å². The fourth-order valence-corrected chi connectivity index (χ4v) is 1.57. The van der Waals surface area contributed by atoms with E-state index in [9.17, 15) is 4.39 Å². The largest absolute Gasteiger partial charge is 0.320 e. The molecule has 2 heteroatoms. The highest BCUT2D eigenvalue weighted by Crippen LogP contribution is 2.21. The van der Waals surface area contributed by atoms with Crippen LogP contribution in [0.2, 0.25) is 0 Å². The maximum Gasteiger partial charge on any atom is 0.128 e. The van der Waals surface area contributed by atoms with E-state index in [1.807, 2.05) is 30.3 Å². The van der Waals surface area contributed by atoms with E-state index in [4.69, 9.17) is 5.73 Å². The maximum absolute atomic E-state index is 13.4. The summed E-state index contributed by atoms with van der Waals surface area (Å²) in [6.07, 6.45) is 0. The van der Waals surface area contributed by atoms with Gasteiger partial charge >= 0.3 is 0 Å². The molecule has 1 nitrogen and oxygen atoms in total. The molecule has 1 atom stereocenters. The lowest BCUT2D eigenvalue weighted by Crippen LogP contribution is -2.13. The van der Waals surface area contributed by atoms with E-state index in [-0.39, 0.29) is 5.82 Å². The van der Waals surface area contributed by atoms with Gasteiger partial charge in [0.05, 0.1) is 6.04 Å². The van der Waals surface area contributed by atoms with Crippen molar-refractivity contribution in [3.63, 3.8) is 0 Å². The first kappa shape index (κ1) is 9.87.